The third kappa shape index (κ3) is 6.39. The number of fused-ring (bicyclic) bond motifs is 1. The van der Waals surface area contributed by atoms with E-state index in [0.29, 0.717) is 47.2 Å². The molecule has 2 amide bonds. The number of hydrogen-bond donors (Lipinski definition) is 1. The number of amides is 2. The van der Waals surface area contributed by atoms with Crippen LogP contribution in [0.5, 0.6) is 0 Å². The van der Waals surface area contributed by atoms with Crippen LogP contribution >= 0.6 is 11.3 Å². The van der Waals surface area contributed by atoms with E-state index in [2.05, 4.69) is 15.5 Å². The van der Waals surface area contributed by atoms with Crippen molar-refractivity contribution in [2.75, 3.05) is 11.9 Å². The summed E-state index contributed by atoms with van der Waals surface area (Å²) >= 11 is 1.16. The van der Waals surface area contributed by atoms with Crippen molar-refractivity contribution in [1.82, 2.24) is 15.1 Å². The van der Waals surface area contributed by atoms with Gasteiger partial charge in [0.1, 0.15) is 10.6 Å². The highest BCUT2D eigenvalue weighted by Gasteiger charge is 2.30. The minimum atomic E-state index is -4.38. The monoisotopic (exact) mass is 518 g/mol. The molecule has 0 saturated heterocycles. The number of rotatable bonds is 4. The highest BCUT2D eigenvalue weighted by molar-refractivity contribution is 7.15. The fourth-order valence-electron chi connectivity index (χ4n) is 3.71. The molecule has 0 radical (unpaired) electrons. The van der Waals surface area contributed by atoms with E-state index in [0.717, 1.165) is 34.6 Å². The standard InChI is InChI=1S/C25H25F3N4O3S/c1-24(2,3)35-23(34)32-11-10-16-13-17(6-7-18(16)14-32)21(33)29-22-31-30-20(36-22)12-15-4-8-19(9-5-15)25(26,27)28/h4-9,13H,10-12,14H2,1-3H3,(H,29,31,33). The zero-order valence-electron chi connectivity index (χ0n) is 20.0. The predicted molar refractivity (Wildman–Crippen MR) is 129 cm³/mol. The molecular weight excluding hydrogens is 493 g/mol. The Labute approximate surface area is 210 Å². The Bertz CT molecular complexity index is 1270. The average Bonchev–Trinajstić information content (AvgIpc) is 3.23. The van der Waals surface area contributed by atoms with Crippen LogP contribution in [-0.4, -0.2) is 39.2 Å². The van der Waals surface area contributed by atoms with Crippen molar-refractivity contribution < 1.29 is 27.5 Å². The van der Waals surface area contributed by atoms with E-state index in [1.54, 1.807) is 17.0 Å². The number of anilines is 1. The summed E-state index contributed by atoms with van der Waals surface area (Å²) in [5, 5.41) is 11.6. The maximum Gasteiger partial charge on any atom is 0.416 e. The van der Waals surface area contributed by atoms with Crippen LogP contribution in [-0.2, 0) is 30.3 Å². The lowest BCUT2D eigenvalue weighted by Crippen LogP contribution is -2.39. The van der Waals surface area contributed by atoms with E-state index in [1.807, 2.05) is 26.8 Å². The first-order valence-corrected chi connectivity index (χ1v) is 12.1. The van der Waals surface area contributed by atoms with Gasteiger partial charge in [-0.05, 0) is 68.1 Å². The summed E-state index contributed by atoms with van der Waals surface area (Å²) in [5.74, 6) is -0.343. The van der Waals surface area contributed by atoms with Gasteiger partial charge in [-0.1, -0.05) is 29.5 Å². The molecule has 3 aromatic rings. The Morgan fingerprint density at radius 3 is 2.44 bits per heavy atom. The summed E-state index contributed by atoms with van der Waals surface area (Å²) in [4.78, 5) is 26.8. The summed E-state index contributed by atoms with van der Waals surface area (Å²) in [6, 6.07) is 10.2. The molecule has 1 aliphatic rings. The molecule has 0 atom stereocenters. The number of nitrogens with one attached hydrogen (secondary N) is 1. The summed E-state index contributed by atoms with van der Waals surface area (Å²) in [7, 11) is 0. The third-order valence-electron chi connectivity index (χ3n) is 5.46. The van der Waals surface area contributed by atoms with Crippen molar-refractivity contribution in [3.8, 4) is 0 Å². The van der Waals surface area contributed by atoms with E-state index in [9.17, 15) is 22.8 Å². The van der Waals surface area contributed by atoms with Gasteiger partial charge in [-0.3, -0.25) is 10.1 Å². The van der Waals surface area contributed by atoms with Crippen LogP contribution < -0.4 is 5.32 Å². The van der Waals surface area contributed by atoms with Crippen LogP contribution in [0.25, 0.3) is 0 Å². The number of carbonyl (C=O) groups excluding carboxylic acids is 2. The molecule has 1 N–H and O–H groups in total. The molecule has 2 heterocycles. The number of halogens is 3. The number of nitrogens with zero attached hydrogens (tertiary/aromatic N) is 3. The van der Waals surface area contributed by atoms with Gasteiger partial charge in [0.25, 0.3) is 5.91 Å². The molecule has 7 nitrogen and oxygen atoms in total. The molecule has 0 aliphatic carbocycles. The molecule has 0 fully saturated rings. The Balaban J connectivity index is 1.36. The zero-order chi connectivity index (χ0) is 26.1. The van der Waals surface area contributed by atoms with Gasteiger partial charge in [0.2, 0.25) is 5.13 Å². The smallest absolute Gasteiger partial charge is 0.416 e. The molecular formula is C25H25F3N4O3S. The lowest BCUT2D eigenvalue weighted by atomic mass is 9.97. The molecule has 11 heteroatoms. The molecule has 1 aromatic heterocycles. The van der Waals surface area contributed by atoms with Crippen molar-refractivity contribution in [1.29, 1.82) is 0 Å². The summed E-state index contributed by atoms with van der Waals surface area (Å²) in [5.41, 5.74) is 1.79. The maximum atomic E-state index is 12.8. The van der Waals surface area contributed by atoms with E-state index in [-0.39, 0.29) is 12.0 Å². The van der Waals surface area contributed by atoms with Crippen molar-refractivity contribution >= 4 is 28.5 Å². The Kier molecular flexibility index (Phi) is 7.03. The molecule has 36 heavy (non-hydrogen) atoms. The number of carbonyl (C=O) groups is 2. The quantitative estimate of drug-likeness (QED) is 0.480. The third-order valence-corrected chi connectivity index (χ3v) is 6.30. The van der Waals surface area contributed by atoms with Crippen LogP contribution in [0.2, 0.25) is 0 Å². The lowest BCUT2D eigenvalue weighted by Gasteiger charge is -2.31. The zero-order valence-corrected chi connectivity index (χ0v) is 20.8. The fourth-order valence-corrected chi connectivity index (χ4v) is 4.48. The van der Waals surface area contributed by atoms with Crippen molar-refractivity contribution in [2.24, 2.45) is 0 Å². The lowest BCUT2D eigenvalue weighted by molar-refractivity contribution is -0.137. The predicted octanol–water partition coefficient (Wildman–Crippen LogP) is 5.69. The van der Waals surface area contributed by atoms with Gasteiger partial charge in [0.05, 0.1) is 5.56 Å². The van der Waals surface area contributed by atoms with Gasteiger partial charge in [-0.15, -0.1) is 10.2 Å². The summed E-state index contributed by atoms with van der Waals surface area (Å²) < 4.78 is 43.6. The van der Waals surface area contributed by atoms with Crippen molar-refractivity contribution in [3.05, 3.63) is 75.3 Å². The SMILES string of the molecule is CC(C)(C)OC(=O)N1CCc2cc(C(=O)Nc3nnc(Cc4ccc(C(F)(F)F)cc4)s3)ccc2C1. The second-order valence-electron chi connectivity index (χ2n) is 9.46. The molecule has 0 unspecified atom stereocenters. The van der Waals surface area contributed by atoms with E-state index >= 15 is 0 Å². The Hall–Kier alpha value is -3.47. The van der Waals surface area contributed by atoms with Gasteiger partial charge in [0.15, 0.2) is 0 Å². The van der Waals surface area contributed by atoms with Crippen molar-refractivity contribution in [3.63, 3.8) is 0 Å². The van der Waals surface area contributed by atoms with Crippen molar-refractivity contribution in [2.45, 2.75) is 51.9 Å². The maximum absolute atomic E-state index is 12.8. The highest BCUT2D eigenvalue weighted by Crippen LogP contribution is 2.30. The van der Waals surface area contributed by atoms with Crippen LogP contribution in [0.1, 0.15) is 58.4 Å². The van der Waals surface area contributed by atoms with Gasteiger partial charge < -0.3 is 9.64 Å². The Morgan fingerprint density at radius 1 is 1.06 bits per heavy atom. The number of ether oxygens (including phenoxy) is 1. The Morgan fingerprint density at radius 2 is 1.78 bits per heavy atom. The first-order chi connectivity index (χ1) is 16.9. The van der Waals surface area contributed by atoms with Crippen LogP contribution in [0.3, 0.4) is 0 Å². The number of alkyl halides is 3. The second-order valence-corrected chi connectivity index (χ2v) is 10.5. The number of aromatic nitrogens is 2. The number of benzene rings is 2. The van der Waals surface area contributed by atoms with E-state index in [1.165, 1.54) is 12.1 Å². The van der Waals surface area contributed by atoms with Crippen LogP contribution in [0.15, 0.2) is 42.5 Å². The molecule has 1 aliphatic heterocycles. The average molecular weight is 519 g/mol. The first-order valence-electron chi connectivity index (χ1n) is 11.3. The van der Waals surface area contributed by atoms with Gasteiger partial charge in [0, 0.05) is 25.1 Å². The highest BCUT2D eigenvalue weighted by atomic mass is 32.1. The van der Waals surface area contributed by atoms with Gasteiger partial charge in [-0.25, -0.2) is 4.79 Å². The van der Waals surface area contributed by atoms with Gasteiger partial charge in [-0.2, -0.15) is 13.2 Å². The molecule has 0 bridgehead atoms. The minimum absolute atomic E-state index is 0.302. The number of hydrogen-bond acceptors (Lipinski definition) is 6. The second kappa shape index (κ2) is 9.88. The molecule has 0 saturated carbocycles. The van der Waals surface area contributed by atoms with Gasteiger partial charge >= 0.3 is 12.3 Å². The topological polar surface area (TPSA) is 84.4 Å². The van der Waals surface area contributed by atoms with E-state index < -0.39 is 17.3 Å². The largest absolute Gasteiger partial charge is 0.444 e. The normalized spacial score (nSPS) is 13.8. The summed E-state index contributed by atoms with van der Waals surface area (Å²) in [6.45, 7) is 6.38. The summed E-state index contributed by atoms with van der Waals surface area (Å²) in [6.07, 6.45) is -3.84. The molecule has 4 rings (SSSR count). The minimum Gasteiger partial charge on any atom is -0.444 e. The first kappa shape index (κ1) is 25.6. The van der Waals surface area contributed by atoms with E-state index in [4.69, 9.17) is 4.74 Å². The van der Waals surface area contributed by atoms with Crippen LogP contribution in [0, 0.1) is 0 Å². The fraction of sp³-hybridized carbons (Fsp3) is 0.360. The molecule has 2 aromatic carbocycles. The molecule has 0 spiro atoms. The van der Waals surface area contributed by atoms with Crippen LogP contribution in [0.4, 0.5) is 23.1 Å². The molecule has 190 valence electrons.